The number of carbonyl (C=O) groups excluding carboxylic acids is 2. The summed E-state index contributed by atoms with van der Waals surface area (Å²) in [4.78, 5) is 25.8. The van der Waals surface area contributed by atoms with Crippen molar-refractivity contribution in [2.45, 2.75) is 18.4 Å². The fraction of sp³-hybridized carbons (Fsp3) is 0.364. The van der Waals surface area contributed by atoms with Crippen LogP contribution in [0.5, 0.6) is 0 Å². The van der Waals surface area contributed by atoms with Crippen molar-refractivity contribution in [3.8, 4) is 0 Å². The first kappa shape index (κ1) is 21.0. The lowest BCUT2D eigenvalue weighted by Gasteiger charge is -2.38. The summed E-state index contributed by atoms with van der Waals surface area (Å²) in [6.07, 6.45) is 1.11. The maximum Gasteiger partial charge on any atom is 0.337 e. The van der Waals surface area contributed by atoms with E-state index in [1.807, 2.05) is 0 Å². The molecule has 1 aliphatic rings. The van der Waals surface area contributed by atoms with Gasteiger partial charge in [-0.2, -0.15) is 0 Å². The Morgan fingerprint density at radius 3 is 2.24 bits per heavy atom. The van der Waals surface area contributed by atoms with Gasteiger partial charge in [-0.3, -0.25) is 4.79 Å². The molecule has 0 bridgehead atoms. The van der Waals surface area contributed by atoms with Crippen LogP contribution in [0.1, 0.15) is 39.1 Å². The molecule has 1 fully saturated rings. The highest BCUT2D eigenvalue weighted by Gasteiger charge is 2.33. The van der Waals surface area contributed by atoms with Crippen LogP contribution in [0.15, 0.2) is 48.5 Å². The Morgan fingerprint density at radius 1 is 1.07 bits per heavy atom. The number of halogens is 1. The smallest absolute Gasteiger partial charge is 0.337 e. The van der Waals surface area contributed by atoms with Crippen LogP contribution in [0, 0.1) is 5.82 Å². The molecule has 2 aromatic rings. The quantitative estimate of drug-likeness (QED) is 0.728. The molecule has 1 saturated heterocycles. The second kappa shape index (κ2) is 9.15. The van der Waals surface area contributed by atoms with Gasteiger partial charge < -0.3 is 20.1 Å². The number of hydrogen-bond acceptors (Lipinski definition) is 5. The van der Waals surface area contributed by atoms with Crippen molar-refractivity contribution in [1.82, 2.24) is 10.2 Å². The number of rotatable bonds is 6. The molecular formula is C22H25FN2O4. The minimum atomic E-state index is -0.936. The van der Waals surface area contributed by atoms with Gasteiger partial charge in [0, 0.05) is 31.7 Å². The Bertz CT molecular complexity index is 844. The van der Waals surface area contributed by atoms with Gasteiger partial charge in [0.05, 0.1) is 18.3 Å². The Balaban J connectivity index is 1.44. The van der Waals surface area contributed by atoms with Gasteiger partial charge in [0.15, 0.2) is 0 Å². The summed E-state index contributed by atoms with van der Waals surface area (Å²) in [6, 6.07) is 12.3. The van der Waals surface area contributed by atoms with E-state index in [4.69, 9.17) is 0 Å². The molecule has 29 heavy (non-hydrogen) atoms. The summed E-state index contributed by atoms with van der Waals surface area (Å²) in [7, 11) is 1.31. The first-order chi connectivity index (χ1) is 13.9. The fourth-order valence-electron chi connectivity index (χ4n) is 3.50. The summed E-state index contributed by atoms with van der Waals surface area (Å²) in [5.74, 6) is -0.964. The van der Waals surface area contributed by atoms with Gasteiger partial charge in [-0.05, 0) is 54.8 Å². The summed E-state index contributed by atoms with van der Waals surface area (Å²) >= 11 is 0. The minimum absolute atomic E-state index is 0.207. The van der Waals surface area contributed by atoms with Crippen molar-refractivity contribution in [2.75, 3.05) is 33.3 Å². The number of ether oxygens (including phenoxy) is 1. The van der Waals surface area contributed by atoms with Crippen molar-refractivity contribution in [2.24, 2.45) is 0 Å². The molecule has 0 aliphatic carbocycles. The highest BCUT2D eigenvalue weighted by Crippen LogP contribution is 2.32. The van der Waals surface area contributed by atoms with Gasteiger partial charge >= 0.3 is 5.97 Å². The number of benzene rings is 2. The molecule has 1 amide bonds. The van der Waals surface area contributed by atoms with Gasteiger partial charge in [-0.1, -0.05) is 12.1 Å². The van der Waals surface area contributed by atoms with Crippen molar-refractivity contribution >= 4 is 11.9 Å². The average Bonchev–Trinajstić information content (AvgIpc) is 2.75. The number of amides is 1. The zero-order valence-corrected chi connectivity index (χ0v) is 16.4. The second-order valence-corrected chi connectivity index (χ2v) is 7.20. The Kier molecular flexibility index (Phi) is 6.61. The van der Waals surface area contributed by atoms with E-state index in [0.29, 0.717) is 50.1 Å². The molecular weight excluding hydrogens is 375 g/mol. The van der Waals surface area contributed by atoms with Gasteiger partial charge in [0.1, 0.15) is 5.82 Å². The largest absolute Gasteiger partial charge is 0.465 e. The van der Waals surface area contributed by atoms with E-state index in [1.54, 1.807) is 36.4 Å². The molecule has 2 N–H and O–H groups in total. The molecule has 0 atom stereocenters. The number of nitrogens with one attached hydrogen (secondary N) is 1. The molecule has 0 spiro atoms. The van der Waals surface area contributed by atoms with Crippen LogP contribution in [0.25, 0.3) is 0 Å². The van der Waals surface area contributed by atoms with Crippen LogP contribution in [-0.4, -0.2) is 55.2 Å². The number of likely N-dealkylation sites (tertiary alicyclic amines) is 1. The van der Waals surface area contributed by atoms with Crippen LogP contribution in [0.3, 0.4) is 0 Å². The van der Waals surface area contributed by atoms with E-state index in [-0.39, 0.29) is 11.7 Å². The van der Waals surface area contributed by atoms with Crippen LogP contribution >= 0.6 is 0 Å². The van der Waals surface area contributed by atoms with Crippen molar-refractivity contribution < 1.29 is 23.8 Å². The monoisotopic (exact) mass is 400 g/mol. The summed E-state index contributed by atoms with van der Waals surface area (Å²) in [6.45, 7) is 2.53. The number of methoxy groups -OCH3 is 1. The molecule has 3 rings (SSSR count). The van der Waals surface area contributed by atoms with Gasteiger partial charge in [-0.25, -0.2) is 9.18 Å². The van der Waals surface area contributed by atoms with Crippen molar-refractivity contribution in [1.29, 1.82) is 0 Å². The van der Waals surface area contributed by atoms with Crippen molar-refractivity contribution in [3.63, 3.8) is 0 Å². The standard InChI is InChI=1S/C22H25FN2O4/c1-29-21(27)17-4-2-16(3-5-17)20(26)24-12-15-25-13-10-22(28,11-14-25)18-6-8-19(23)9-7-18/h2-9,28H,10-15H2,1H3,(H,24,26). The molecule has 154 valence electrons. The lowest BCUT2D eigenvalue weighted by atomic mass is 9.84. The number of carbonyl (C=O) groups is 2. The highest BCUT2D eigenvalue weighted by molar-refractivity contribution is 5.96. The Morgan fingerprint density at radius 2 is 1.66 bits per heavy atom. The number of aliphatic hydroxyl groups is 1. The van der Waals surface area contributed by atoms with Gasteiger partial charge in [0.25, 0.3) is 5.91 Å². The lowest BCUT2D eigenvalue weighted by Crippen LogP contribution is -2.45. The fourth-order valence-corrected chi connectivity index (χ4v) is 3.50. The first-order valence-electron chi connectivity index (χ1n) is 9.59. The van der Waals surface area contributed by atoms with E-state index < -0.39 is 11.6 Å². The van der Waals surface area contributed by atoms with E-state index >= 15 is 0 Å². The van der Waals surface area contributed by atoms with Crippen LogP contribution in [-0.2, 0) is 10.3 Å². The predicted octanol–water partition coefficient (Wildman–Crippen LogP) is 2.33. The molecule has 6 nitrogen and oxygen atoms in total. The lowest BCUT2D eigenvalue weighted by molar-refractivity contribution is -0.0255. The molecule has 1 heterocycles. The van der Waals surface area contributed by atoms with Crippen LogP contribution in [0.2, 0.25) is 0 Å². The minimum Gasteiger partial charge on any atom is -0.465 e. The number of esters is 1. The third kappa shape index (κ3) is 5.19. The van der Waals surface area contributed by atoms with Crippen LogP contribution < -0.4 is 5.32 Å². The van der Waals surface area contributed by atoms with Gasteiger partial charge in [0.2, 0.25) is 0 Å². The molecule has 7 heteroatoms. The topological polar surface area (TPSA) is 78.9 Å². The Hall–Kier alpha value is -2.77. The second-order valence-electron chi connectivity index (χ2n) is 7.20. The third-order valence-electron chi connectivity index (χ3n) is 5.35. The molecule has 0 saturated carbocycles. The predicted molar refractivity (Wildman–Crippen MR) is 106 cm³/mol. The molecule has 0 aromatic heterocycles. The summed E-state index contributed by atoms with van der Waals surface area (Å²) < 4.78 is 17.7. The van der Waals surface area contributed by atoms with E-state index in [0.717, 1.165) is 5.56 Å². The molecule has 1 aliphatic heterocycles. The summed E-state index contributed by atoms with van der Waals surface area (Å²) in [5.41, 5.74) is 0.671. The maximum atomic E-state index is 13.1. The molecule has 0 unspecified atom stereocenters. The maximum absolute atomic E-state index is 13.1. The number of piperidine rings is 1. The zero-order chi connectivity index (χ0) is 20.9. The first-order valence-corrected chi connectivity index (χ1v) is 9.59. The zero-order valence-electron chi connectivity index (χ0n) is 16.4. The SMILES string of the molecule is COC(=O)c1ccc(C(=O)NCCN2CCC(O)(c3ccc(F)cc3)CC2)cc1. The summed E-state index contributed by atoms with van der Waals surface area (Å²) in [5, 5.41) is 13.7. The van der Waals surface area contributed by atoms with Crippen LogP contribution in [0.4, 0.5) is 4.39 Å². The highest BCUT2D eigenvalue weighted by atomic mass is 19.1. The average molecular weight is 400 g/mol. The van der Waals surface area contributed by atoms with Crippen molar-refractivity contribution in [3.05, 3.63) is 71.0 Å². The molecule has 2 aromatic carbocycles. The Labute approximate surface area is 169 Å². The van der Waals surface area contributed by atoms with E-state index in [2.05, 4.69) is 15.0 Å². The third-order valence-corrected chi connectivity index (χ3v) is 5.35. The van der Waals surface area contributed by atoms with E-state index in [1.165, 1.54) is 19.2 Å². The molecule has 0 radical (unpaired) electrons. The number of nitrogens with zero attached hydrogens (tertiary/aromatic N) is 1. The van der Waals surface area contributed by atoms with E-state index in [9.17, 15) is 19.1 Å². The normalized spacial score (nSPS) is 16.2. The van der Waals surface area contributed by atoms with Gasteiger partial charge in [-0.15, -0.1) is 0 Å². The number of hydrogen-bond donors (Lipinski definition) is 2.